The summed E-state index contributed by atoms with van der Waals surface area (Å²) in [6.07, 6.45) is 12.6. The second-order valence-corrected chi connectivity index (χ2v) is 4.45. The molecule has 1 saturated heterocycles. The molecule has 1 rings (SSSR count). The van der Waals surface area contributed by atoms with Crippen LogP contribution in [0.1, 0.15) is 20.8 Å². The minimum Gasteiger partial charge on any atom is -0.381 e. The van der Waals surface area contributed by atoms with Gasteiger partial charge < -0.3 is 9.47 Å². The van der Waals surface area contributed by atoms with E-state index in [4.69, 9.17) is 9.47 Å². The van der Waals surface area contributed by atoms with Crippen LogP contribution in [0.5, 0.6) is 0 Å². The molecule has 0 unspecified atom stereocenters. The van der Waals surface area contributed by atoms with Crippen LogP contribution in [0.25, 0.3) is 0 Å². The molecule has 1 heterocycles. The summed E-state index contributed by atoms with van der Waals surface area (Å²) in [7, 11) is 1.76. The first-order valence-corrected chi connectivity index (χ1v) is 6.14. The van der Waals surface area contributed by atoms with Gasteiger partial charge in [-0.2, -0.15) is 0 Å². The topological polar surface area (TPSA) is 18.5 Å². The van der Waals surface area contributed by atoms with Gasteiger partial charge in [0.15, 0.2) is 0 Å². The zero-order valence-electron chi connectivity index (χ0n) is 11.2. The Morgan fingerprint density at radius 2 is 2.12 bits per heavy atom. The molecule has 2 heteroatoms. The summed E-state index contributed by atoms with van der Waals surface area (Å²) in [5.74, 6) is 0.433. The van der Waals surface area contributed by atoms with Gasteiger partial charge in [-0.15, -0.1) is 0 Å². The van der Waals surface area contributed by atoms with Crippen molar-refractivity contribution in [2.45, 2.75) is 33.0 Å². The van der Waals surface area contributed by atoms with Gasteiger partial charge in [0.25, 0.3) is 0 Å². The molecule has 3 atom stereocenters. The summed E-state index contributed by atoms with van der Waals surface area (Å²) in [6, 6.07) is 0. The molecule has 0 aromatic heterocycles. The maximum atomic E-state index is 5.79. The summed E-state index contributed by atoms with van der Waals surface area (Å²) in [5.41, 5.74) is 1.21. The highest BCUT2D eigenvalue weighted by Crippen LogP contribution is 2.24. The second kappa shape index (κ2) is 7.46. The van der Waals surface area contributed by atoms with Crippen LogP contribution in [0.3, 0.4) is 0 Å². The lowest BCUT2D eigenvalue weighted by Crippen LogP contribution is -2.38. The quantitative estimate of drug-likeness (QED) is 0.696. The summed E-state index contributed by atoms with van der Waals surface area (Å²) in [4.78, 5) is 0. The normalized spacial score (nSPS) is 31.5. The number of ether oxygens (including phenoxy) is 2. The van der Waals surface area contributed by atoms with E-state index in [1.807, 2.05) is 31.2 Å². The number of hydrogen-bond acceptors (Lipinski definition) is 2. The van der Waals surface area contributed by atoms with Crippen LogP contribution < -0.4 is 0 Å². The lowest BCUT2D eigenvalue weighted by molar-refractivity contribution is -0.0403. The van der Waals surface area contributed by atoms with Crippen LogP contribution >= 0.6 is 0 Å². The Bertz CT molecular complexity index is 302. The smallest absolute Gasteiger partial charge is 0.0843 e. The third-order valence-corrected chi connectivity index (χ3v) is 2.96. The third kappa shape index (κ3) is 4.49. The van der Waals surface area contributed by atoms with E-state index in [-0.39, 0.29) is 12.2 Å². The van der Waals surface area contributed by atoms with Crippen LogP contribution in [0.15, 0.2) is 36.0 Å². The molecule has 1 radical (unpaired) electrons. The molecular weight excluding hydrogens is 212 g/mol. The zero-order valence-corrected chi connectivity index (χ0v) is 11.2. The van der Waals surface area contributed by atoms with Gasteiger partial charge in [0.05, 0.1) is 18.8 Å². The average molecular weight is 235 g/mol. The number of allylic oxidation sites excluding steroid dienone is 5. The van der Waals surface area contributed by atoms with Gasteiger partial charge in [0, 0.05) is 19.4 Å². The van der Waals surface area contributed by atoms with Crippen molar-refractivity contribution < 1.29 is 9.47 Å². The number of hydrogen-bond donors (Lipinski definition) is 0. The highest BCUT2D eigenvalue weighted by molar-refractivity contribution is 5.21. The predicted molar refractivity (Wildman–Crippen MR) is 71.7 cm³/mol. The fraction of sp³-hybridized carbons (Fsp3) is 0.533. The molecule has 17 heavy (non-hydrogen) atoms. The highest BCUT2D eigenvalue weighted by atomic mass is 16.5. The maximum absolute atomic E-state index is 5.79. The van der Waals surface area contributed by atoms with E-state index < -0.39 is 0 Å². The van der Waals surface area contributed by atoms with Crippen LogP contribution in [0.2, 0.25) is 0 Å². The van der Waals surface area contributed by atoms with Crippen molar-refractivity contribution in [2.24, 2.45) is 5.92 Å². The van der Waals surface area contributed by atoms with E-state index in [2.05, 4.69) is 26.3 Å². The molecule has 0 N–H and O–H groups in total. The van der Waals surface area contributed by atoms with E-state index >= 15 is 0 Å². The largest absolute Gasteiger partial charge is 0.381 e. The van der Waals surface area contributed by atoms with Crippen molar-refractivity contribution in [1.82, 2.24) is 0 Å². The van der Waals surface area contributed by atoms with Crippen LogP contribution in [0.4, 0.5) is 0 Å². The average Bonchev–Trinajstić information content (AvgIpc) is 2.35. The predicted octanol–water partition coefficient (Wildman–Crippen LogP) is 3.32. The molecule has 0 aliphatic carbocycles. The first kappa shape index (κ1) is 14.2. The molecule has 0 aromatic carbocycles. The molecular formula is C15H23O2. The zero-order chi connectivity index (χ0) is 12.7. The first-order valence-electron chi connectivity index (χ1n) is 6.14. The number of methoxy groups -OCH3 is 1. The van der Waals surface area contributed by atoms with Crippen LogP contribution in [-0.4, -0.2) is 25.9 Å². The van der Waals surface area contributed by atoms with Gasteiger partial charge in [-0.05, 0) is 19.4 Å². The fourth-order valence-corrected chi connectivity index (χ4v) is 1.84. The minimum absolute atomic E-state index is 0.0754. The van der Waals surface area contributed by atoms with Crippen molar-refractivity contribution >= 4 is 0 Å². The molecule has 1 aliphatic rings. The summed E-state index contributed by atoms with van der Waals surface area (Å²) in [6.45, 7) is 6.99. The van der Waals surface area contributed by atoms with Crippen molar-refractivity contribution in [3.63, 3.8) is 0 Å². The minimum atomic E-state index is 0.0754. The Balaban J connectivity index is 2.55. The maximum Gasteiger partial charge on any atom is 0.0843 e. The Morgan fingerprint density at radius 1 is 1.35 bits per heavy atom. The summed E-state index contributed by atoms with van der Waals surface area (Å²) in [5, 5.41) is 0. The number of rotatable bonds is 4. The van der Waals surface area contributed by atoms with E-state index in [0.29, 0.717) is 5.92 Å². The van der Waals surface area contributed by atoms with Crippen molar-refractivity contribution in [1.29, 1.82) is 0 Å². The lowest BCUT2D eigenvalue weighted by Gasteiger charge is -2.33. The molecule has 0 saturated carbocycles. The van der Waals surface area contributed by atoms with Gasteiger partial charge in [0.2, 0.25) is 0 Å². The molecule has 0 bridgehead atoms. The van der Waals surface area contributed by atoms with Gasteiger partial charge in [-0.3, -0.25) is 0 Å². The van der Waals surface area contributed by atoms with Gasteiger partial charge >= 0.3 is 0 Å². The van der Waals surface area contributed by atoms with E-state index in [1.165, 1.54) is 5.57 Å². The van der Waals surface area contributed by atoms with Crippen molar-refractivity contribution in [2.75, 3.05) is 13.7 Å². The van der Waals surface area contributed by atoms with Gasteiger partial charge in [0.1, 0.15) is 0 Å². The second-order valence-electron chi connectivity index (χ2n) is 4.45. The van der Waals surface area contributed by atoms with Gasteiger partial charge in [-0.25, -0.2) is 0 Å². The van der Waals surface area contributed by atoms with E-state index in [1.54, 1.807) is 7.11 Å². The SMILES string of the molecule is C/C=C/C=C/C=C(\C)[C@@H]1[CH][C@H](OC)[C@H](C)CO1. The summed E-state index contributed by atoms with van der Waals surface area (Å²) >= 11 is 0. The molecule has 2 nitrogen and oxygen atoms in total. The van der Waals surface area contributed by atoms with E-state index in [9.17, 15) is 0 Å². The fourth-order valence-electron chi connectivity index (χ4n) is 1.84. The van der Waals surface area contributed by atoms with Gasteiger partial charge in [-0.1, -0.05) is 37.3 Å². The lowest BCUT2D eigenvalue weighted by atomic mass is 9.93. The van der Waals surface area contributed by atoms with E-state index in [0.717, 1.165) is 6.61 Å². The summed E-state index contributed by atoms with van der Waals surface area (Å²) < 4.78 is 11.2. The van der Waals surface area contributed by atoms with Crippen LogP contribution in [-0.2, 0) is 9.47 Å². The van der Waals surface area contributed by atoms with Crippen molar-refractivity contribution in [3.8, 4) is 0 Å². The Labute approximate surface area is 105 Å². The van der Waals surface area contributed by atoms with Crippen molar-refractivity contribution in [3.05, 3.63) is 42.4 Å². The Hall–Kier alpha value is -0.860. The first-order chi connectivity index (χ1) is 8.19. The van der Waals surface area contributed by atoms with Crippen LogP contribution in [0, 0.1) is 12.3 Å². The standard InChI is InChI=1S/C15H23O2/c1-5-6-7-8-9-12(2)15-10-14(16-4)13(3)11-17-15/h5-10,13-15H,11H2,1-4H3/b6-5+,8-7+,12-9+/t13-,14+,15+/m1/s1. The molecule has 95 valence electrons. The molecule has 1 fully saturated rings. The third-order valence-electron chi connectivity index (χ3n) is 2.96. The Morgan fingerprint density at radius 3 is 2.76 bits per heavy atom. The monoisotopic (exact) mass is 235 g/mol. The molecule has 0 amide bonds. The molecule has 0 spiro atoms. The Kier molecular flexibility index (Phi) is 6.23. The highest BCUT2D eigenvalue weighted by Gasteiger charge is 2.29. The molecule has 0 aromatic rings. The molecule has 1 aliphatic heterocycles.